The van der Waals surface area contributed by atoms with Crippen molar-refractivity contribution in [3.63, 3.8) is 0 Å². The van der Waals surface area contributed by atoms with Gasteiger partial charge in [0.15, 0.2) is 0 Å². The molecule has 0 radical (unpaired) electrons. The molecule has 1 aromatic rings. The summed E-state index contributed by atoms with van der Waals surface area (Å²) in [6.45, 7) is 0.547. The molecule has 1 saturated carbocycles. The van der Waals surface area contributed by atoms with E-state index < -0.39 is 6.10 Å². The van der Waals surface area contributed by atoms with Gasteiger partial charge in [0, 0.05) is 12.0 Å². The fourth-order valence-corrected chi connectivity index (χ4v) is 2.78. The van der Waals surface area contributed by atoms with Gasteiger partial charge in [-0.25, -0.2) is 4.98 Å². The third-order valence-corrected chi connectivity index (χ3v) is 4.14. The average molecular weight is 263 g/mol. The van der Waals surface area contributed by atoms with Gasteiger partial charge in [-0.1, -0.05) is 0 Å². The van der Waals surface area contributed by atoms with Crippen molar-refractivity contribution in [1.29, 1.82) is 0 Å². The van der Waals surface area contributed by atoms with E-state index in [1.807, 2.05) is 0 Å². The summed E-state index contributed by atoms with van der Waals surface area (Å²) in [5, 5.41) is 10.7. The van der Waals surface area contributed by atoms with Crippen molar-refractivity contribution >= 4 is 27.3 Å². The lowest BCUT2D eigenvalue weighted by Crippen LogP contribution is -2.23. The molecule has 0 spiro atoms. The van der Waals surface area contributed by atoms with Crippen LogP contribution in [0.25, 0.3) is 0 Å². The molecule has 1 heterocycles. The Labute approximate surface area is 89.1 Å². The van der Waals surface area contributed by atoms with E-state index in [2.05, 4.69) is 20.9 Å². The quantitative estimate of drug-likeness (QED) is 0.872. The van der Waals surface area contributed by atoms with Gasteiger partial charge in [0.1, 0.15) is 11.1 Å². The highest BCUT2D eigenvalue weighted by molar-refractivity contribution is 9.11. The summed E-state index contributed by atoms with van der Waals surface area (Å²) in [6.07, 6.45) is 3.27. The van der Waals surface area contributed by atoms with Crippen molar-refractivity contribution < 1.29 is 5.11 Å². The van der Waals surface area contributed by atoms with Crippen LogP contribution >= 0.6 is 27.3 Å². The number of halogens is 1. The molecule has 1 atom stereocenters. The number of rotatable bonds is 3. The van der Waals surface area contributed by atoms with Crippen molar-refractivity contribution in [2.75, 3.05) is 6.54 Å². The Hall–Kier alpha value is 0.0300. The van der Waals surface area contributed by atoms with Crippen LogP contribution in [0, 0.1) is 5.41 Å². The maximum absolute atomic E-state index is 9.97. The molecule has 1 fully saturated rings. The molecule has 1 aliphatic carbocycles. The Balaban J connectivity index is 2.17. The van der Waals surface area contributed by atoms with Gasteiger partial charge in [0.05, 0.1) is 9.98 Å². The van der Waals surface area contributed by atoms with Gasteiger partial charge in [-0.15, -0.1) is 11.3 Å². The first-order chi connectivity index (χ1) is 6.18. The van der Waals surface area contributed by atoms with Gasteiger partial charge >= 0.3 is 0 Å². The van der Waals surface area contributed by atoms with Crippen LogP contribution in [-0.2, 0) is 0 Å². The summed E-state index contributed by atoms with van der Waals surface area (Å²) in [5.41, 5.74) is 5.55. The number of hydrogen-bond acceptors (Lipinski definition) is 4. The van der Waals surface area contributed by atoms with Crippen LogP contribution in [0.4, 0.5) is 0 Å². The first-order valence-corrected chi connectivity index (χ1v) is 5.78. The minimum absolute atomic E-state index is 0.0721. The number of aliphatic hydroxyl groups is 1. The molecular formula is C8H11BrN2OS. The number of nitrogens with two attached hydrogens (primary N) is 1. The minimum Gasteiger partial charge on any atom is -0.385 e. The van der Waals surface area contributed by atoms with E-state index in [0.29, 0.717) is 6.54 Å². The van der Waals surface area contributed by atoms with Gasteiger partial charge < -0.3 is 10.8 Å². The van der Waals surface area contributed by atoms with Crippen LogP contribution in [-0.4, -0.2) is 16.6 Å². The van der Waals surface area contributed by atoms with E-state index in [1.165, 1.54) is 11.3 Å². The highest BCUT2D eigenvalue weighted by Crippen LogP contribution is 2.54. The highest BCUT2D eigenvalue weighted by Gasteiger charge is 2.49. The smallest absolute Gasteiger partial charge is 0.123 e. The molecule has 1 aliphatic rings. The maximum atomic E-state index is 9.97. The Morgan fingerprint density at radius 2 is 2.46 bits per heavy atom. The van der Waals surface area contributed by atoms with Crippen molar-refractivity contribution in [1.82, 2.24) is 4.98 Å². The molecule has 0 aliphatic heterocycles. The molecule has 0 saturated heterocycles. The second-order valence-electron chi connectivity index (χ2n) is 3.47. The van der Waals surface area contributed by atoms with Gasteiger partial charge in [-0.2, -0.15) is 0 Å². The fraction of sp³-hybridized carbons (Fsp3) is 0.625. The second-order valence-corrected chi connectivity index (χ2v) is 5.91. The molecule has 5 heteroatoms. The summed E-state index contributed by atoms with van der Waals surface area (Å²) in [4.78, 5) is 4.14. The van der Waals surface area contributed by atoms with E-state index >= 15 is 0 Å². The minimum atomic E-state index is -0.478. The zero-order valence-corrected chi connectivity index (χ0v) is 9.44. The average Bonchev–Trinajstić information content (AvgIpc) is 2.82. The Morgan fingerprint density at radius 1 is 1.77 bits per heavy atom. The molecule has 13 heavy (non-hydrogen) atoms. The lowest BCUT2D eigenvalue weighted by atomic mass is 10.0. The van der Waals surface area contributed by atoms with Crippen LogP contribution < -0.4 is 5.73 Å². The van der Waals surface area contributed by atoms with Crippen LogP contribution in [0.15, 0.2) is 9.98 Å². The molecule has 3 N–H and O–H groups in total. The third kappa shape index (κ3) is 1.66. The van der Waals surface area contributed by atoms with Crippen LogP contribution in [0.5, 0.6) is 0 Å². The SMILES string of the molecule is NCC1(C(O)c2ncc(Br)s2)CC1. The number of aromatic nitrogens is 1. The van der Waals surface area contributed by atoms with Crippen LogP contribution in [0.2, 0.25) is 0 Å². The summed E-state index contributed by atoms with van der Waals surface area (Å²) in [6, 6.07) is 0. The molecule has 0 amide bonds. The zero-order chi connectivity index (χ0) is 9.47. The largest absolute Gasteiger partial charge is 0.385 e. The van der Waals surface area contributed by atoms with E-state index in [9.17, 15) is 5.11 Å². The van der Waals surface area contributed by atoms with Crippen LogP contribution in [0.3, 0.4) is 0 Å². The van der Waals surface area contributed by atoms with Crippen molar-refractivity contribution in [2.24, 2.45) is 11.1 Å². The molecule has 0 aromatic carbocycles. The molecule has 1 aromatic heterocycles. The predicted octanol–water partition coefficient (Wildman–Crippen LogP) is 1.68. The molecule has 3 nitrogen and oxygen atoms in total. The number of thiazole rings is 1. The Morgan fingerprint density at radius 3 is 2.85 bits per heavy atom. The number of nitrogens with zero attached hydrogens (tertiary/aromatic N) is 1. The topological polar surface area (TPSA) is 59.1 Å². The first kappa shape index (κ1) is 9.58. The molecule has 72 valence electrons. The van der Waals surface area contributed by atoms with Gasteiger partial charge in [0.25, 0.3) is 0 Å². The summed E-state index contributed by atoms with van der Waals surface area (Å²) >= 11 is 4.80. The standard InChI is InChI=1S/C8H11BrN2OS/c9-5-3-11-7(13-5)6(12)8(4-10)1-2-8/h3,6,12H,1-2,4,10H2. The summed E-state index contributed by atoms with van der Waals surface area (Å²) in [7, 11) is 0. The van der Waals surface area contributed by atoms with E-state index in [-0.39, 0.29) is 5.41 Å². The van der Waals surface area contributed by atoms with Gasteiger partial charge in [-0.3, -0.25) is 0 Å². The molecule has 0 bridgehead atoms. The second kappa shape index (κ2) is 3.31. The highest BCUT2D eigenvalue weighted by atomic mass is 79.9. The van der Waals surface area contributed by atoms with Gasteiger partial charge in [0.2, 0.25) is 0 Å². The monoisotopic (exact) mass is 262 g/mol. The summed E-state index contributed by atoms with van der Waals surface area (Å²) < 4.78 is 0.953. The number of aliphatic hydroxyl groups excluding tert-OH is 1. The lowest BCUT2D eigenvalue weighted by Gasteiger charge is -2.17. The zero-order valence-electron chi connectivity index (χ0n) is 7.03. The number of hydrogen-bond donors (Lipinski definition) is 2. The predicted molar refractivity (Wildman–Crippen MR) is 55.5 cm³/mol. The Kier molecular flexibility index (Phi) is 2.44. The lowest BCUT2D eigenvalue weighted by molar-refractivity contribution is 0.0972. The van der Waals surface area contributed by atoms with E-state index in [4.69, 9.17) is 5.73 Å². The summed E-state index contributed by atoms with van der Waals surface area (Å²) in [5.74, 6) is 0. The van der Waals surface area contributed by atoms with Crippen molar-refractivity contribution in [3.05, 3.63) is 15.0 Å². The van der Waals surface area contributed by atoms with Crippen molar-refractivity contribution in [2.45, 2.75) is 18.9 Å². The van der Waals surface area contributed by atoms with Crippen LogP contribution in [0.1, 0.15) is 24.0 Å². The van der Waals surface area contributed by atoms with Gasteiger partial charge in [-0.05, 0) is 28.8 Å². The molecular weight excluding hydrogens is 252 g/mol. The Bertz CT molecular complexity index is 311. The fourth-order valence-electron chi connectivity index (χ4n) is 1.41. The van der Waals surface area contributed by atoms with Crippen molar-refractivity contribution in [3.8, 4) is 0 Å². The maximum Gasteiger partial charge on any atom is 0.123 e. The third-order valence-electron chi connectivity index (χ3n) is 2.61. The van der Waals surface area contributed by atoms with E-state index in [0.717, 1.165) is 21.6 Å². The molecule has 2 rings (SSSR count). The molecule has 1 unspecified atom stereocenters. The normalized spacial score (nSPS) is 21.5. The first-order valence-electron chi connectivity index (χ1n) is 4.17. The van der Waals surface area contributed by atoms with E-state index in [1.54, 1.807) is 6.20 Å².